The molecule has 1 heterocycles. The molecule has 0 saturated heterocycles. The van der Waals surface area contributed by atoms with Gasteiger partial charge in [-0.3, -0.25) is 14.5 Å². The molecule has 0 fully saturated rings. The minimum absolute atomic E-state index is 0.165. The third-order valence-corrected chi connectivity index (χ3v) is 7.27. The van der Waals surface area contributed by atoms with Gasteiger partial charge in [-0.1, -0.05) is 56.3 Å². The molecule has 0 unspecified atom stereocenters. The molecule has 4 aromatic carbocycles. The average molecular weight is 521 g/mol. The van der Waals surface area contributed by atoms with Crippen molar-refractivity contribution < 1.29 is 19.1 Å². The van der Waals surface area contributed by atoms with Crippen molar-refractivity contribution in [3.63, 3.8) is 0 Å². The first-order valence-corrected chi connectivity index (χ1v) is 13.0. The maximum atomic E-state index is 14.1. The number of amides is 2. The second-order valence-corrected chi connectivity index (χ2v) is 9.92. The summed E-state index contributed by atoms with van der Waals surface area (Å²) in [6.45, 7) is 4.27. The van der Waals surface area contributed by atoms with Crippen LogP contribution in [0.5, 0.6) is 11.5 Å². The molecule has 2 atom stereocenters. The van der Waals surface area contributed by atoms with Gasteiger partial charge in [0.05, 0.1) is 26.2 Å². The molecule has 0 saturated carbocycles. The monoisotopic (exact) mass is 520 g/mol. The van der Waals surface area contributed by atoms with Crippen LogP contribution >= 0.6 is 0 Å². The number of nitrogens with zero attached hydrogens (tertiary/aromatic N) is 1. The first-order valence-electron chi connectivity index (χ1n) is 13.0. The largest absolute Gasteiger partial charge is 0.497 e. The molecule has 6 nitrogen and oxygen atoms in total. The summed E-state index contributed by atoms with van der Waals surface area (Å²) >= 11 is 0. The zero-order chi connectivity index (χ0) is 27.5. The third-order valence-electron chi connectivity index (χ3n) is 7.27. The van der Waals surface area contributed by atoms with Crippen molar-refractivity contribution in [3.8, 4) is 11.5 Å². The van der Waals surface area contributed by atoms with Gasteiger partial charge in [0.15, 0.2) is 0 Å². The fourth-order valence-corrected chi connectivity index (χ4v) is 5.16. The summed E-state index contributed by atoms with van der Waals surface area (Å²) in [5, 5.41) is 3.12. The van der Waals surface area contributed by atoms with Gasteiger partial charge in [0.25, 0.3) is 5.91 Å². The predicted molar refractivity (Wildman–Crippen MR) is 154 cm³/mol. The summed E-state index contributed by atoms with van der Waals surface area (Å²) in [5.74, 6) is 0.753. The molecule has 4 aromatic rings. The quantitative estimate of drug-likeness (QED) is 0.286. The zero-order valence-corrected chi connectivity index (χ0v) is 22.5. The van der Waals surface area contributed by atoms with E-state index < -0.39 is 12.0 Å². The molecule has 6 heteroatoms. The van der Waals surface area contributed by atoms with Crippen LogP contribution < -0.4 is 19.7 Å². The Hall–Kier alpha value is -4.58. The number of anilines is 2. The van der Waals surface area contributed by atoms with Crippen LogP contribution in [0.4, 0.5) is 11.4 Å². The number of nitrogens with one attached hydrogen (secondary N) is 1. The van der Waals surface area contributed by atoms with E-state index in [0.717, 1.165) is 5.56 Å². The predicted octanol–water partition coefficient (Wildman–Crippen LogP) is 6.95. The average Bonchev–Trinajstić information content (AvgIpc) is 2.97. The molecule has 39 heavy (non-hydrogen) atoms. The summed E-state index contributed by atoms with van der Waals surface area (Å²) in [6.07, 6.45) is 0. The molecule has 198 valence electrons. The van der Waals surface area contributed by atoms with Gasteiger partial charge in [0.2, 0.25) is 5.91 Å². The normalized spacial score (nSPS) is 16.5. The van der Waals surface area contributed by atoms with Gasteiger partial charge in [0, 0.05) is 16.9 Å². The number of benzene rings is 4. The Balaban J connectivity index is 1.64. The van der Waals surface area contributed by atoms with Crippen molar-refractivity contribution in [1.82, 2.24) is 0 Å². The third kappa shape index (κ3) is 5.10. The van der Waals surface area contributed by atoms with Crippen molar-refractivity contribution in [2.24, 2.45) is 0 Å². The molecule has 1 aliphatic heterocycles. The number of methoxy groups -OCH3 is 2. The molecule has 5 rings (SSSR count). The van der Waals surface area contributed by atoms with Gasteiger partial charge < -0.3 is 14.8 Å². The summed E-state index contributed by atoms with van der Waals surface area (Å²) < 4.78 is 10.7. The highest BCUT2D eigenvalue weighted by Gasteiger charge is 2.45. The highest BCUT2D eigenvalue weighted by atomic mass is 16.5. The highest BCUT2D eigenvalue weighted by Crippen LogP contribution is 2.46. The molecule has 2 amide bonds. The Morgan fingerprint density at radius 3 is 1.97 bits per heavy atom. The lowest BCUT2D eigenvalue weighted by Crippen LogP contribution is -2.46. The minimum atomic E-state index is -0.667. The Labute approximate surface area is 229 Å². The van der Waals surface area contributed by atoms with Crippen molar-refractivity contribution in [1.29, 1.82) is 0 Å². The fraction of sp³-hybridized carbons (Fsp3) is 0.212. The van der Waals surface area contributed by atoms with Gasteiger partial charge in [-0.25, -0.2) is 0 Å². The fourth-order valence-electron chi connectivity index (χ4n) is 5.16. The molecule has 0 aromatic heterocycles. The van der Waals surface area contributed by atoms with Crippen LogP contribution in [0, 0.1) is 0 Å². The Morgan fingerprint density at radius 1 is 0.795 bits per heavy atom. The smallest absolute Gasteiger partial charge is 0.259 e. The lowest BCUT2D eigenvalue weighted by molar-refractivity contribution is -0.118. The second kappa shape index (κ2) is 11.0. The summed E-state index contributed by atoms with van der Waals surface area (Å²) in [7, 11) is 3.21. The SMILES string of the molecule is COc1ccc([C@H]2[C@H](C(=O)Nc3ccc(C(C)C)cc3)c3ccccc3C(=O)N2c2ccc(OC)cc2)cc1. The van der Waals surface area contributed by atoms with Gasteiger partial charge in [0.1, 0.15) is 11.5 Å². The molecule has 0 radical (unpaired) electrons. The lowest BCUT2D eigenvalue weighted by atomic mass is 9.78. The van der Waals surface area contributed by atoms with E-state index in [4.69, 9.17) is 9.47 Å². The number of ether oxygens (including phenoxy) is 2. The van der Waals surface area contributed by atoms with Crippen LogP contribution in [-0.2, 0) is 4.79 Å². The van der Waals surface area contributed by atoms with E-state index in [-0.39, 0.29) is 11.8 Å². The van der Waals surface area contributed by atoms with Gasteiger partial charge in [-0.2, -0.15) is 0 Å². The van der Waals surface area contributed by atoms with Crippen LogP contribution in [0.2, 0.25) is 0 Å². The number of fused-ring (bicyclic) bond motifs is 1. The van der Waals surface area contributed by atoms with E-state index in [1.807, 2.05) is 91.0 Å². The first-order chi connectivity index (χ1) is 18.9. The van der Waals surface area contributed by atoms with Gasteiger partial charge in [-0.05, 0) is 77.2 Å². The Kier molecular flexibility index (Phi) is 7.37. The maximum absolute atomic E-state index is 14.1. The molecule has 0 spiro atoms. The number of hydrogen-bond acceptors (Lipinski definition) is 4. The van der Waals surface area contributed by atoms with Gasteiger partial charge in [-0.15, -0.1) is 0 Å². The minimum Gasteiger partial charge on any atom is -0.497 e. The van der Waals surface area contributed by atoms with E-state index in [2.05, 4.69) is 19.2 Å². The topological polar surface area (TPSA) is 67.9 Å². The number of hydrogen-bond donors (Lipinski definition) is 1. The lowest BCUT2D eigenvalue weighted by Gasteiger charge is -2.42. The van der Waals surface area contributed by atoms with E-state index in [9.17, 15) is 9.59 Å². The van der Waals surface area contributed by atoms with Crippen LogP contribution in [-0.4, -0.2) is 26.0 Å². The van der Waals surface area contributed by atoms with Crippen molar-refractivity contribution >= 4 is 23.2 Å². The van der Waals surface area contributed by atoms with Crippen LogP contribution in [0.1, 0.15) is 58.8 Å². The van der Waals surface area contributed by atoms with Crippen molar-refractivity contribution in [2.45, 2.75) is 31.7 Å². The molecular formula is C33H32N2O4. The van der Waals surface area contributed by atoms with Gasteiger partial charge >= 0.3 is 0 Å². The number of rotatable bonds is 7. The number of carbonyl (C=O) groups excluding carboxylic acids is 2. The van der Waals surface area contributed by atoms with Crippen LogP contribution in [0.25, 0.3) is 0 Å². The molecule has 1 aliphatic rings. The number of carbonyl (C=O) groups is 2. The van der Waals surface area contributed by atoms with E-state index >= 15 is 0 Å². The Bertz CT molecular complexity index is 1460. The second-order valence-electron chi connectivity index (χ2n) is 9.92. The summed E-state index contributed by atoms with van der Waals surface area (Å²) in [4.78, 5) is 29.9. The molecule has 0 bridgehead atoms. The Morgan fingerprint density at radius 2 is 1.38 bits per heavy atom. The van der Waals surface area contributed by atoms with Crippen molar-refractivity contribution in [3.05, 3.63) is 119 Å². The molecule has 1 N–H and O–H groups in total. The molecule has 0 aliphatic carbocycles. The van der Waals surface area contributed by atoms with E-state index in [1.165, 1.54) is 5.56 Å². The van der Waals surface area contributed by atoms with E-state index in [1.54, 1.807) is 25.2 Å². The van der Waals surface area contributed by atoms with Crippen LogP contribution in [0.15, 0.2) is 97.1 Å². The summed E-state index contributed by atoms with van der Waals surface area (Å²) in [6, 6.07) is 29.6. The first kappa shape index (κ1) is 26.0. The summed E-state index contributed by atoms with van der Waals surface area (Å²) in [5.41, 5.74) is 4.62. The van der Waals surface area contributed by atoms with E-state index in [0.29, 0.717) is 39.9 Å². The highest BCUT2D eigenvalue weighted by molar-refractivity contribution is 6.12. The standard InChI is InChI=1S/C33H32N2O4/c1-21(2)22-9-13-24(14-10-22)34-32(36)30-28-7-5-6-8-29(28)33(37)35(25-15-19-27(39-4)20-16-25)31(30)23-11-17-26(38-3)18-12-23/h5-21,30-31H,1-4H3,(H,34,36)/t30-,31+/m1/s1. The molecular weight excluding hydrogens is 488 g/mol. The van der Waals surface area contributed by atoms with Crippen LogP contribution in [0.3, 0.4) is 0 Å². The van der Waals surface area contributed by atoms with Crippen molar-refractivity contribution in [2.75, 3.05) is 24.4 Å². The zero-order valence-electron chi connectivity index (χ0n) is 22.5. The maximum Gasteiger partial charge on any atom is 0.259 e.